The second-order valence-corrected chi connectivity index (χ2v) is 4.55. The van der Waals surface area contributed by atoms with Gasteiger partial charge in [-0.3, -0.25) is 0 Å². The van der Waals surface area contributed by atoms with E-state index < -0.39 is 11.9 Å². The summed E-state index contributed by atoms with van der Waals surface area (Å²) in [7, 11) is 0. The molecule has 3 nitrogen and oxygen atoms in total. The molecule has 0 radical (unpaired) electrons. The average molecular weight is 287 g/mol. The maximum atomic E-state index is 13.3. The van der Waals surface area contributed by atoms with Crippen molar-refractivity contribution in [3.63, 3.8) is 0 Å². The second kappa shape index (κ2) is 5.10. The van der Waals surface area contributed by atoms with Gasteiger partial charge in [0, 0.05) is 11.8 Å². The van der Waals surface area contributed by atoms with Crippen LogP contribution in [0, 0.1) is 5.82 Å². The molecule has 1 heterocycles. The minimum Gasteiger partial charge on any atom is -0.384 e. The maximum absolute atomic E-state index is 13.3. The highest BCUT2D eigenvalue weighted by Gasteiger charge is 2.16. The summed E-state index contributed by atoms with van der Waals surface area (Å²) in [6.07, 6.45) is 0.262. The van der Waals surface area contributed by atoms with E-state index in [2.05, 4.69) is 4.98 Å². The fourth-order valence-electron chi connectivity index (χ4n) is 1.55. The number of aliphatic hydroxyl groups excluding tert-OH is 1. The summed E-state index contributed by atoms with van der Waals surface area (Å²) >= 11 is 11.4. The lowest BCUT2D eigenvalue weighted by atomic mass is 10.0. The number of aliphatic hydroxyl groups is 1. The molecule has 0 aliphatic heterocycles. The number of halogens is 3. The lowest BCUT2D eigenvalue weighted by Crippen LogP contribution is -2.05. The van der Waals surface area contributed by atoms with Crippen LogP contribution < -0.4 is 5.73 Å². The van der Waals surface area contributed by atoms with Crippen LogP contribution in [0.1, 0.15) is 17.2 Å². The number of rotatable bonds is 2. The summed E-state index contributed by atoms with van der Waals surface area (Å²) < 4.78 is 13.3. The van der Waals surface area contributed by atoms with Crippen LogP contribution in [0.15, 0.2) is 30.5 Å². The lowest BCUT2D eigenvalue weighted by molar-refractivity contribution is 0.220. The number of hydrogen-bond donors (Lipinski definition) is 2. The first-order chi connectivity index (χ1) is 8.49. The Morgan fingerprint density at radius 3 is 2.67 bits per heavy atom. The van der Waals surface area contributed by atoms with E-state index in [9.17, 15) is 9.50 Å². The Labute approximate surface area is 113 Å². The quantitative estimate of drug-likeness (QED) is 0.891. The van der Waals surface area contributed by atoms with Gasteiger partial charge < -0.3 is 10.8 Å². The summed E-state index contributed by atoms with van der Waals surface area (Å²) in [4.78, 5) is 3.83. The highest BCUT2D eigenvalue weighted by Crippen LogP contribution is 2.29. The molecular weight excluding hydrogens is 278 g/mol. The highest BCUT2D eigenvalue weighted by atomic mass is 35.5. The average Bonchev–Trinajstić information content (AvgIpc) is 2.35. The summed E-state index contributed by atoms with van der Waals surface area (Å²) in [5, 5.41) is 10.5. The van der Waals surface area contributed by atoms with Crippen LogP contribution in [0.2, 0.25) is 10.0 Å². The van der Waals surface area contributed by atoms with Crippen LogP contribution in [-0.4, -0.2) is 10.1 Å². The Morgan fingerprint density at radius 2 is 2.00 bits per heavy atom. The molecule has 0 fully saturated rings. The minimum absolute atomic E-state index is 0.0110. The largest absolute Gasteiger partial charge is 0.384 e. The number of anilines is 1. The van der Waals surface area contributed by atoms with E-state index in [0.29, 0.717) is 16.1 Å². The molecule has 18 heavy (non-hydrogen) atoms. The van der Waals surface area contributed by atoms with Gasteiger partial charge >= 0.3 is 0 Å². The van der Waals surface area contributed by atoms with Crippen molar-refractivity contribution in [2.24, 2.45) is 0 Å². The fraction of sp³-hybridized carbons (Fsp3) is 0.0833. The second-order valence-electron chi connectivity index (χ2n) is 3.70. The molecular formula is C12H9Cl2FN2O. The standard InChI is InChI=1S/C12H9Cl2FN2O/c13-7-4-8(12(16)17-5-7)11(18)6-1-2-9(14)10(15)3-6/h1-5,11,18H,(H2,16,17). The Balaban J connectivity index is 2.44. The summed E-state index contributed by atoms with van der Waals surface area (Å²) in [5.41, 5.74) is 6.30. The number of pyridine rings is 1. The molecule has 0 aliphatic carbocycles. The van der Waals surface area contributed by atoms with Crippen molar-refractivity contribution >= 4 is 29.0 Å². The van der Waals surface area contributed by atoms with E-state index >= 15 is 0 Å². The van der Waals surface area contributed by atoms with Crippen molar-refractivity contribution in [1.29, 1.82) is 0 Å². The number of nitrogens with two attached hydrogens (primary N) is 1. The summed E-state index contributed by atoms with van der Waals surface area (Å²) in [6, 6.07) is 5.51. The number of aromatic nitrogens is 1. The van der Waals surface area contributed by atoms with E-state index in [1.54, 1.807) is 0 Å². The Morgan fingerprint density at radius 1 is 1.28 bits per heavy atom. The first-order valence-corrected chi connectivity index (χ1v) is 5.78. The minimum atomic E-state index is -1.11. The van der Waals surface area contributed by atoms with Crippen LogP contribution >= 0.6 is 23.2 Å². The zero-order valence-corrected chi connectivity index (χ0v) is 10.6. The van der Waals surface area contributed by atoms with E-state index in [1.165, 1.54) is 24.4 Å². The van der Waals surface area contributed by atoms with Gasteiger partial charge in [0.1, 0.15) is 17.7 Å². The molecule has 0 spiro atoms. The van der Waals surface area contributed by atoms with Crippen LogP contribution in [0.25, 0.3) is 0 Å². The molecule has 0 bridgehead atoms. The number of nitrogen functional groups attached to an aromatic ring is 1. The highest BCUT2D eigenvalue weighted by molar-refractivity contribution is 6.31. The van der Waals surface area contributed by atoms with Crippen LogP contribution in [0.5, 0.6) is 0 Å². The SMILES string of the molecule is Nc1ncc(Cl)cc1C(O)c1ccc(Cl)c(F)c1. The lowest BCUT2D eigenvalue weighted by Gasteiger charge is -2.13. The normalized spacial score (nSPS) is 12.4. The molecule has 0 saturated heterocycles. The topological polar surface area (TPSA) is 59.1 Å². The van der Waals surface area contributed by atoms with Crippen LogP contribution in [0.4, 0.5) is 10.2 Å². The molecule has 1 aromatic heterocycles. The maximum Gasteiger partial charge on any atom is 0.142 e. The monoisotopic (exact) mass is 286 g/mol. The Bertz CT molecular complexity index is 592. The van der Waals surface area contributed by atoms with E-state index in [-0.39, 0.29) is 10.8 Å². The first-order valence-electron chi connectivity index (χ1n) is 5.03. The number of benzene rings is 1. The van der Waals surface area contributed by atoms with Crippen molar-refractivity contribution < 1.29 is 9.50 Å². The Hall–Kier alpha value is -1.36. The third-order valence-corrected chi connectivity index (χ3v) is 2.98. The smallest absolute Gasteiger partial charge is 0.142 e. The summed E-state index contributed by atoms with van der Waals surface area (Å²) in [6.45, 7) is 0. The van der Waals surface area contributed by atoms with E-state index in [4.69, 9.17) is 28.9 Å². The van der Waals surface area contributed by atoms with Gasteiger partial charge in [-0.1, -0.05) is 29.3 Å². The third-order valence-electron chi connectivity index (χ3n) is 2.47. The van der Waals surface area contributed by atoms with Crippen molar-refractivity contribution in [3.8, 4) is 0 Å². The first kappa shape index (κ1) is 13.1. The van der Waals surface area contributed by atoms with Crippen molar-refractivity contribution in [1.82, 2.24) is 4.98 Å². The number of nitrogens with zero attached hydrogens (tertiary/aromatic N) is 1. The predicted molar refractivity (Wildman–Crippen MR) is 69.1 cm³/mol. The zero-order valence-electron chi connectivity index (χ0n) is 9.07. The van der Waals surface area contributed by atoms with Crippen molar-refractivity contribution in [3.05, 3.63) is 57.5 Å². The molecule has 3 N–H and O–H groups in total. The van der Waals surface area contributed by atoms with Gasteiger partial charge in [0.05, 0.1) is 10.0 Å². The van der Waals surface area contributed by atoms with Crippen molar-refractivity contribution in [2.45, 2.75) is 6.10 Å². The molecule has 0 amide bonds. The van der Waals surface area contributed by atoms with Gasteiger partial charge in [-0.05, 0) is 23.8 Å². The van der Waals surface area contributed by atoms with Gasteiger partial charge in [0.2, 0.25) is 0 Å². The fourth-order valence-corrected chi connectivity index (χ4v) is 1.83. The third kappa shape index (κ3) is 2.56. The van der Waals surface area contributed by atoms with E-state index in [1.807, 2.05) is 0 Å². The Kier molecular flexibility index (Phi) is 3.71. The summed E-state index contributed by atoms with van der Waals surface area (Å²) in [5.74, 6) is -0.468. The van der Waals surface area contributed by atoms with Crippen molar-refractivity contribution in [2.75, 3.05) is 5.73 Å². The van der Waals surface area contributed by atoms with Gasteiger partial charge in [0.15, 0.2) is 0 Å². The molecule has 0 aliphatic rings. The molecule has 2 rings (SSSR count). The van der Waals surface area contributed by atoms with Gasteiger partial charge in [0.25, 0.3) is 0 Å². The molecule has 2 aromatic rings. The molecule has 6 heteroatoms. The zero-order chi connectivity index (χ0) is 13.3. The van der Waals surface area contributed by atoms with Crippen LogP contribution in [-0.2, 0) is 0 Å². The molecule has 1 aromatic carbocycles. The van der Waals surface area contributed by atoms with Gasteiger partial charge in [-0.15, -0.1) is 0 Å². The van der Waals surface area contributed by atoms with Crippen LogP contribution in [0.3, 0.4) is 0 Å². The van der Waals surface area contributed by atoms with Gasteiger partial charge in [-0.2, -0.15) is 0 Å². The number of hydrogen-bond acceptors (Lipinski definition) is 3. The van der Waals surface area contributed by atoms with Gasteiger partial charge in [-0.25, -0.2) is 9.37 Å². The van der Waals surface area contributed by atoms with E-state index in [0.717, 1.165) is 6.07 Å². The molecule has 0 saturated carbocycles. The molecule has 94 valence electrons. The molecule has 1 unspecified atom stereocenters. The molecule has 1 atom stereocenters. The predicted octanol–water partition coefficient (Wildman–Crippen LogP) is 3.19.